The highest BCUT2D eigenvalue weighted by Crippen LogP contribution is 2.26. The number of rotatable bonds is 3. The van der Waals surface area contributed by atoms with Gasteiger partial charge in [0.2, 0.25) is 0 Å². The number of aliphatic hydroxyl groups excluding tert-OH is 1. The Labute approximate surface area is 77.5 Å². The van der Waals surface area contributed by atoms with Gasteiger partial charge in [-0.1, -0.05) is 11.6 Å². The summed E-state index contributed by atoms with van der Waals surface area (Å²) in [5.74, 6) is 0.674. The third-order valence-electron chi connectivity index (χ3n) is 2.43. The van der Waals surface area contributed by atoms with Crippen molar-refractivity contribution in [1.29, 1.82) is 0 Å². The third kappa shape index (κ3) is 1.98. The lowest BCUT2D eigenvalue weighted by Gasteiger charge is -2.07. The first-order valence-electron chi connectivity index (χ1n) is 4.71. The maximum absolute atomic E-state index is 9.74. The molecule has 2 N–H and O–H groups in total. The van der Waals surface area contributed by atoms with Gasteiger partial charge in [0.1, 0.15) is 11.9 Å². The molecule has 1 aromatic heterocycles. The number of hydrogen-bond acceptors (Lipinski definition) is 2. The minimum absolute atomic E-state index is 0.459. The number of nitrogens with one attached hydrogen (secondary N) is 1. The first-order valence-corrected chi connectivity index (χ1v) is 4.71. The lowest BCUT2D eigenvalue weighted by molar-refractivity contribution is 0.168. The summed E-state index contributed by atoms with van der Waals surface area (Å²) >= 11 is 0. The van der Waals surface area contributed by atoms with E-state index in [1.54, 1.807) is 12.4 Å². The fraction of sp³-hybridized carbons (Fsp3) is 0.500. The molecule has 0 radical (unpaired) electrons. The number of imidazole rings is 1. The van der Waals surface area contributed by atoms with Crippen LogP contribution in [0.25, 0.3) is 0 Å². The molecule has 0 aliphatic heterocycles. The number of nitrogens with zero attached hydrogens (tertiary/aromatic N) is 1. The van der Waals surface area contributed by atoms with Crippen LogP contribution in [0.5, 0.6) is 0 Å². The van der Waals surface area contributed by atoms with Gasteiger partial charge in [-0.15, -0.1) is 0 Å². The second-order valence-corrected chi connectivity index (χ2v) is 3.45. The molecule has 2 rings (SSSR count). The smallest absolute Gasteiger partial charge is 0.135 e. The topological polar surface area (TPSA) is 48.9 Å². The van der Waals surface area contributed by atoms with Gasteiger partial charge in [0.05, 0.1) is 0 Å². The SMILES string of the molecule is OC(CC1=CCCC1)c1ncc[nH]1. The van der Waals surface area contributed by atoms with Crippen LogP contribution in [0, 0.1) is 0 Å². The highest BCUT2D eigenvalue weighted by Gasteiger charge is 2.13. The summed E-state index contributed by atoms with van der Waals surface area (Å²) in [5, 5.41) is 9.74. The lowest BCUT2D eigenvalue weighted by atomic mass is 10.1. The van der Waals surface area contributed by atoms with Crippen molar-refractivity contribution in [2.45, 2.75) is 31.8 Å². The van der Waals surface area contributed by atoms with Crippen LogP contribution in [0.15, 0.2) is 24.0 Å². The summed E-state index contributed by atoms with van der Waals surface area (Å²) in [4.78, 5) is 6.95. The molecule has 1 aliphatic carbocycles. The second kappa shape index (κ2) is 3.75. The summed E-state index contributed by atoms with van der Waals surface area (Å²) in [7, 11) is 0. The molecule has 1 aromatic rings. The summed E-state index contributed by atoms with van der Waals surface area (Å²) in [6.07, 6.45) is 9.44. The fourth-order valence-corrected chi connectivity index (χ4v) is 1.73. The minimum atomic E-state index is -0.459. The molecular formula is C10H14N2O. The van der Waals surface area contributed by atoms with Crippen LogP contribution in [-0.4, -0.2) is 15.1 Å². The molecule has 1 atom stereocenters. The van der Waals surface area contributed by atoms with E-state index < -0.39 is 6.10 Å². The van der Waals surface area contributed by atoms with Crippen molar-refractivity contribution in [3.05, 3.63) is 29.9 Å². The van der Waals surface area contributed by atoms with Crippen molar-refractivity contribution in [3.8, 4) is 0 Å². The van der Waals surface area contributed by atoms with E-state index in [0.717, 1.165) is 12.8 Å². The molecule has 0 fully saturated rings. The average Bonchev–Trinajstić information content (AvgIpc) is 2.74. The van der Waals surface area contributed by atoms with Crippen LogP contribution >= 0.6 is 0 Å². The van der Waals surface area contributed by atoms with Crippen molar-refractivity contribution in [1.82, 2.24) is 9.97 Å². The van der Waals surface area contributed by atoms with Gasteiger partial charge in [-0.3, -0.25) is 0 Å². The molecule has 13 heavy (non-hydrogen) atoms. The zero-order valence-corrected chi connectivity index (χ0v) is 7.53. The fourth-order valence-electron chi connectivity index (χ4n) is 1.73. The number of aliphatic hydroxyl groups is 1. The van der Waals surface area contributed by atoms with Gasteiger partial charge >= 0.3 is 0 Å². The minimum Gasteiger partial charge on any atom is -0.385 e. The molecule has 1 heterocycles. The van der Waals surface area contributed by atoms with Gasteiger partial charge < -0.3 is 10.1 Å². The van der Waals surface area contributed by atoms with Crippen LogP contribution in [0.3, 0.4) is 0 Å². The van der Waals surface area contributed by atoms with E-state index in [4.69, 9.17) is 0 Å². The number of allylic oxidation sites excluding steroid dienone is 1. The molecular weight excluding hydrogens is 164 g/mol. The van der Waals surface area contributed by atoms with E-state index in [1.807, 2.05) is 0 Å². The first-order chi connectivity index (χ1) is 6.36. The summed E-state index contributed by atoms with van der Waals surface area (Å²) in [6, 6.07) is 0. The largest absolute Gasteiger partial charge is 0.385 e. The van der Waals surface area contributed by atoms with E-state index in [0.29, 0.717) is 5.82 Å². The molecule has 1 unspecified atom stereocenters. The predicted molar refractivity (Wildman–Crippen MR) is 50.1 cm³/mol. The van der Waals surface area contributed by atoms with Crippen LogP contribution in [0.4, 0.5) is 0 Å². The van der Waals surface area contributed by atoms with Crippen molar-refractivity contribution >= 4 is 0 Å². The van der Waals surface area contributed by atoms with E-state index >= 15 is 0 Å². The Bertz CT molecular complexity index is 290. The summed E-state index contributed by atoms with van der Waals surface area (Å²) in [6.45, 7) is 0. The predicted octanol–water partition coefficient (Wildman–Crippen LogP) is 1.94. The molecule has 70 valence electrons. The Morgan fingerprint density at radius 2 is 2.54 bits per heavy atom. The van der Waals surface area contributed by atoms with Gasteiger partial charge in [0, 0.05) is 18.8 Å². The average molecular weight is 178 g/mol. The Morgan fingerprint density at radius 3 is 3.15 bits per heavy atom. The molecule has 0 saturated carbocycles. The monoisotopic (exact) mass is 178 g/mol. The number of aromatic nitrogens is 2. The van der Waals surface area contributed by atoms with Gasteiger partial charge in [-0.25, -0.2) is 4.98 Å². The third-order valence-corrected chi connectivity index (χ3v) is 2.43. The molecule has 0 spiro atoms. The van der Waals surface area contributed by atoms with Crippen molar-refractivity contribution in [2.24, 2.45) is 0 Å². The molecule has 0 aromatic carbocycles. The Kier molecular flexibility index (Phi) is 2.45. The number of H-pyrrole nitrogens is 1. The number of aromatic amines is 1. The van der Waals surface area contributed by atoms with Gasteiger partial charge in [0.15, 0.2) is 0 Å². The maximum atomic E-state index is 9.74. The molecule has 0 saturated heterocycles. The van der Waals surface area contributed by atoms with Crippen LogP contribution in [0.1, 0.15) is 37.6 Å². The Morgan fingerprint density at radius 1 is 1.62 bits per heavy atom. The van der Waals surface area contributed by atoms with E-state index in [9.17, 15) is 5.11 Å². The maximum Gasteiger partial charge on any atom is 0.135 e. The number of hydrogen-bond donors (Lipinski definition) is 2. The first kappa shape index (κ1) is 8.51. The highest BCUT2D eigenvalue weighted by atomic mass is 16.3. The Hall–Kier alpha value is -1.09. The molecule has 0 bridgehead atoms. The van der Waals surface area contributed by atoms with E-state index in [1.165, 1.54) is 18.4 Å². The van der Waals surface area contributed by atoms with Crippen molar-refractivity contribution < 1.29 is 5.11 Å². The molecule has 1 aliphatic rings. The van der Waals surface area contributed by atoms with Crippen LogP contribution in [0.2, 0.25) is 0 Å². The molecule has 0 amide bonds. The van der Waals surface area contributed by atoms with Crippen molar-refractivity contribution in [3.63, 3.8) is 0 Å². The zero-order chi connectivity index (χ0) is 9.10. The molecule has 3 heteroatoms. The lowest BCUT2D eigenvalue weighted by Crippen LogP contribution is -2.00. The second-order valence-electron chi connectivity index (χ2n) is 3.45. The van der Waals surface area contributed by atoms with Crippen LogP contribution in [-0.2, 0) is 0 Å². The van der Waals surface area contributed by atoms with Crippen LogP contribution < -0.4 is 0 Å². The zero-order valence-electron chi connectivity index (χ0n) is 7.53. The van der Waals surface area contributed by atoms with Gasteiger partial charge in [-0.05, 0) is 19.3 Å². The summed E-state index contributed by atoms with van der Waals surface area (Å²) < 4.78 is 0. The van der Waals surface area contributed by atoms with Gasteiger partial charge in [0.25, 0.3) is 0 Å². The summed E-state index contributed by atoms with van der Waals surface area (Å²) in [5.41, 5.74) is 1.36. The van der Waals surface area contributed by atoms with E-state index in [2.05, 4.69) is 16.0 Å². The molecule has 3 nitrogen and oxygen atoms in total. The quantitative estimate of drug-likeness (QED) is 0.695. The Balaban J connectivity index is 1.95. The highest BCUT2D eigenvalue weighted by molar-refractivity contribution is 5.10. The van der Waals surface area contributed by atoms with Gasteiger partial charge in [-0.2, -0.15) is 0 Å². The van der Waals surface area contributed by atoms with E-state index in [-0.39, 0.29) is 0 Å². The van der Waals surface area contributed by atoms with Crippen molar-refractivity contribution in [2.75, 3.05) is 0 Å². The normalized spacial score (nSPS) is 18.7. The standard InChI is InChI=1S/C10H14N2O/c13-9(10-11-5-6-12-10)7-8-3-1-2-4-8/h3,5-6,9,13H,1-2,4,7H2,(H,11,12).